The molecule has 0 bridgehead atoms. The van der Waals surface area contributed by atoms with E-state index in [1.165, 1.54) is 12.1 Å². The highest BCUT2D eigenvalue weighted by atomic mass is 15.3. The zero-order valence-electron chi connectivity index (χ0n) is 14.0. The third-order valence-electron chi connectivity index (χ3n) is 4.82. The SMILES string of the molecule is CCC(C)N1CCN(C(CN)c2cncn2C(C)C)CC1. The molecule has 1 aromatic rings. The van der Waals surface area contributed by atoms with Crippen molar-refractivity contribution in [3.05, 3.63) is 18.2 Å². The van der Waals surface area contributed by atoms with Gasteiger partial charge in [-0.2, -0.15) is 0 Å². The van der Waals surface area contributed by atoms with Gasteiger partial charge in [0, 0.05) is 51.0 Å². The van der Waals surface area contributed by atoms with E-state index < -0.39 is 0 Å². The molecule has 0 spiro atoms. The third kappa shape index (κ3) is 3.65. The molecule has 5 heteroatoms. The number of nitrogens with zero attached hydrogens (tertiary/aromatic N) is 4. The summed E-state index contributed by atoms with van der Waals surface area (Å²) in [6, 6.07) is 1.40. The smallest absolute Gasteiger partial charge is 0.0951 e. The van der Waals surface area contributed by atoms with Crippen molar-refractivity contribution in [1.82, 2.24) is 19.4 Å². The average molecular weight is 293 g/mol. The van der Waals surface area contributed by atoms with E-state index in [0.717, 1.165) is 26.2 Å². The molecule has 1 aliphatic heterocycles. The first-order valence-corrected chi connectivity index (χ1v) is 8.28. The van der Waals surface area contributed by atoms with Gasteiger partial charge in [-0.1, -0.05) is 6.92 Å². The average Bonchev–Trinajstić information content (AvgIpc) is 2.97. The van der Waals surface area contributed by atoms with Gasteiger partial charge in [0.15, 0.2) is 0 Å². The second-order valence-electron chi connectivity index (χ2n) is 6.40. The van der Waals surface area contributed by atoms with Crippen LogP contribution in [0.2, 0.25) is 0 Å². The summed E-state index contributed by atoms with van der Waals surface area (Å²) in [6.45, 7) is 14.1. The normalized spacial score (nSPS) is 20.9. The molecule has 2 heterocycles. The molecule has 0 saturated carbocycles. The Labute approximate surface area is 129 Å². The number of hydrogen-bond donors (Lipinski definition) is 1. The number of rotatable bonds is 6. The maximum absolute atomic E-state index is 6.09. The van der Waals surface area contributed by atoms with Crippen molar-refractivity contribution >= 4 is 0 Å². The van der Waals surface area contributed by atoms with E-state index in [9.17, 15) is 0 Å². The van der Waals surface area contributed by atoms with Crippen LogP contribution in [0.15, 0.2) is 12.5 Å². The monoisotopic (exact) mass is 293 g/mol. The molecule has 1 aliphatic rings. The fraction of sp³-hybridized carbons (Fsp3) is 0.812. The lowest BCUT2D eigenvalue weighted by atomic mass is 10.1. The predicted octanol–water partition coefficient (Wildman–Crippen LogP) is 1.88. The number of hydrogen-bond acceptors (Lipinski definition) is 4. The van der Waals surface area contributed by atoms with Crippen LogP contribution in [0, 0.1) is 0 Å². The van der Waals surface area contributed by atoms with Crippen LogP contribution in [0.5, 0.6) is 0 Å². The number of aromatic nitrogens is 2. The molecule has 120 valence electrons. The van der Waals surface area contributed by atoms with Gasteiger partial charge in [-0.05, 0) is 27.2 Å². The van der Waals surface area contributed by atoms with Crippen molar-refractivity contribution < 1.29 is 0 Å². The van der Waals surface area contributed by atoms with E-state index in [4.69, 9.17) is 5.73 Å². The molecule has 2 unspecified atom stereocenters. The van der Waals surface area contributed by atoms with E-state index in [-0.39, 0.29) is 6.04 Å². The molecule has 0 radical (unpaired) electrons. The van der Waals surface area contributed by atoms with E-state index >= 15 is 0 Å². The number of imidazole rings is 1. The second-order valence-corrected chi connectivity index (χ2v) is 6.40. The Morgan fingerprint density at radius 3 is 2.29 bits per heavy atom. The first kappa shape index (κ1) is 16.5. The lowest BCUT2D eigenvalue weighted by Gasteiger charge is -2.41. The minimum absolute atomic E-state index is 0.286. The second kappa shape index (κ2) is 7.38. The standard InChI is InChI=1S/C16H31N5/c1-5-14(4)19-6-8-20(9-7-19)15(10-17)16-11-18-12-21(16)13(2)3/h11-15H,5-10,17H2,1-4H3. The predicted molar refractivity (Wildman–Crippen MR) is 87.3 cm³/mol. The maximum Gasteiger partial charge on any atom is 0.0951 e. The van der Waals surface area contributed by atoms with Crippen molar-refractivity contribution in [3.8, 4) is 0 Å². The lowest BCUT2D eigenvalue weighted by molar-refractivity contribution is 0.0717. The fourth-order valence-corrected chi connectivity index (χ4v) is 3.21. The Morgan fingerprint density at radius 1 is 1.14 bits per heavy atom. The van der Waals surface area contributed by atoms with Crippen molar-refractivity contribution in [2.24, 2.45) is 5.73 Å². The molecule has 0 aromatic carbocycles. The molecule has 2 atom stereocenters. The van der Waals surface area contributed by atoms with Crippen molar-refractivity contribution in [1.29, 1.82) is 0 Å². The van der Waals surface area contributed by atoms with Gasteiger partial charge in [-0.15, -0.1) is 0 Å². The molecule has 1 aromatic heterocycles. The summed E-state index contributed by atoms with van der Waals surface area (Å²) in [5.74, 6) is 0. The summed E-state index contributed by atoms with van der Waals surface area (Å²) in [5.41, 5.74) is 7.34. The molecule has 2 rings (SSSR count). The van der Waals surface area contributed by atoms with Gasteiger partial charge in [-0.3, -0.25) is 9.80 Å². The van der Waals surface area contributed by atoms with Gasteiger partial charge in [0.05, 0.1) is 18.1 Å². The van der Waals surface area contributed by atoms with Gasteiger partial charge >= 0.3 is 0 Å². The van der Waals surface area contributed by atoms with E-state index in [2.05, 4.69) is 47.0 Å². The van der Waals surface area contributed by atoms with E-state index in [1.54, 1.807) is 0 Å². The Bertz CT molecular complexity index is 420. The van der Waals surface area contributed by atoms with Crippen LogP contribution in [0.4, 0.5) is 0 Å². The number of nitrogens with two attached hydrogens (primary N) is 1. The first-order chi connectivity index (χ1) is 10.1. The van der Waals surface area contributed by atoms with Gasteiger partial charge in [-0.25, -0.2) is 4.98 Å². The topological polar surface area (TPSA) is 50.3 Å². The van der Waals surface area contributed by atoms with Gasteiger partial charge in [0.1, 0.15) is 0 Å². The highest BCUT2D eigenvalue weighted by Gasteiger charge is 2.27. The summed E-state index contributed by atoms with van der Waals surface area (Å²) < 4.78 is 2.25. The minimum atomic E-state index is 0.286. The van der Waals surface area contributed by atoms with E-state index in [0.29, 0.717) is 18.6 Å². The Hall–Kier alpha value is -0.910. The van der Waals surface area contributed by atoms with Crippen molar-refractivity contribution in [3.63, 3.8) is 0 Å². The molecular weight excluding hydrogens is 262 g/mol. The molecule has 2 N–H and O–H groups in total. The van der Waals surface area contributed by atoms with E-state index in [1.807, 2.05) is 12.5 Å². The highest BCUT2D eigenvalue weighted by Crippen LogP contribution is 2.24. The molecule has 1 saturated heterocycles. The molecule has 0 aliphatic carbocycles. The van der Waals surface area contributed by atoms with Crippen LogP contribution in [-0.4, -0.2) is 58.1 Å². The molecular formula is C16H31N5. The Kier molecular flexibility index (Phi) is 5.79. The van der Waals surface area contributed by atoms with Crippen LogP contribution >= 0.6 is 0 Å². The Balaban J connectivity index is 2.04. The zero-order valence-corrected chi connectivity index (χ0v) is 14.0. The van der Waals surface area contributed by atoms with Crippen LogP contribution in [0.3, 0.4) is 0 Å². The summed E-state index contributed by atoms with van der Waals surface area (Å²) in [4.78, 5) is 9.44. The first-order valence-electron chi connectivity index (χ1n) is 8.28. The number of piperazine rings is 1. The quantitative estimate of drug-likeness (QED) is 0.870. The minimum Gasteiger partial charge on any atom is -0.331 e. The highest BCUT2D eigenvalue weighted by molar-refractivity contribution is 5.08. The lowest BCUT2D eigenvalue weighted by Crippen LogP contribution is -2.51. The fourth-order valence-electron chi connectivity index (χ4n) is 3.21. The third-order valence-corrected chi connectivity index (χ3v) is 4.82. The van der Waals surface area contributed by atoms with Gasteiger partial charge < -0.3 is 10.3 Å². The van der Waals surface area contributed by atoms with Crippen molar-refractivity contribution in [2.75, 3.05) is 32.7 Å². The zero-order chi connectivity index (χ0) is 15.4. The molecule has 21 heavy (non-hydrogen) atoms. The van der Waals surface area contributed by atoms with Crippen LogP contribution < -0.4 is 5.73 Å². The van der Waals surface area contributed by atoms with Crippen LogP contribution in [0.1, 0.15) is 51.9 Å². The molecule has 0 amide bonds. The maximum atomic E-state index is 6.09. The summed E-state index contributed by atoms with van der Waals surface area (Å²) in [5, 5.41) is 0. The molecule has 1 fully saturated rings. The summed E-state index contributed by atoms with van der Waals surface area (Å²) in [6.07, 6.45) is 5.14. The summed E-state index contributed by atoms with van der Waals surface area (Å²) >= 11 is 0. The van der Waals surface area contributed by atoms with Gasteiger partial charge in [0.25, 0.3) is 0 Å². The largest absolute Gasteiger partial charge is 0.331 e. The van der Waals surface area contributed by atoms with Gasteiger partial charge in [0.2, 0.25) is 0 Å². The van der Waals surface area contributed by atoms with Crippen LogP contribution in [0.25, 0.3) is 0 Å². The van der Waals surface area contributed by atoms with Crippen LogP contribution in [-0.2, 0) is 0 Å². The molecule has 5 nitrogen and oxygen atoms in total. The summed E-state index contributed by atoms with van der Waals surface area (Å²) in [7, 11) is 0. The Morgan fingerprint density at radius 2 is 1.76 bits per heavy atom. The van der Waals surface area contributed by atoms with Crippen molar-refractivity contribution in [2.45, 2.75) is 52.2 Å².